The quantitative estimate of drug-likeness (QED) is 0.676. The molecule has 20 heavy (non-hydrogen) atoms. The van der Waals surface area contributed by atoms with Gasteiger partial charge >= 0.3 is 0 Å². The molecule has 0 radical (unpaired) electrons. The van der Waals surface area contributed by atoms with Gasteiger partial charge in [-0.15, -0.1) is 0 Å². The van der Waals surface area contributed by atoms with E-state index in [1.807, 2.05) is 6.92 Å². The first-order valence-electron chi connectivity index (χ1n) is 7.28. The molecule has 2 heterocycles. The summed E-state index contributed by atoms with van der Waals surface area (Å²) in [5.74, 6) is 1.29. The van der Waals surface area contributed by atoms with Crippen LogP contribution in [0.4, 0.5) is 17.3 Å². The molecule has 1 fully saturated rings. The smallest absolute Gasteiger partial charge is 0.276 e. The third kappa shape index (κ3) is 3.37. The summed E-state index contributed by atoms with van der Waals surface area (Å²) in [6, 6.07) is 3.46. The van der Waals surface area contributed by atoms with E-state index >= 15 is 0 Å². The summed E-state index contributed by atoms with van der Waals surface area (Å²) < 4.78 is 0. The molecule has 1 aliphatic rings. The first kappa shape index (κ1) is 14.6. The summed E-state index contributed by atoms with van der Waals surface area (Å²) in [4.78, 5) is 17.4. The highest BCUT2D eigenvalue weighted by Crippen LogP contribution is 2.27. The largest absolute Gasteiger partial charge is 0.370 e. The van der Waals surface area contributed by atoms with Crippen molar-refractivity contribution in [2.45, 2.75) is 45.6 Å². The Kier molecular flexibility index (Phi) is 4.76. The molecule has 110 valence electrons. The van der Waals surface area contributed by atoms with Crippen molar-refractivity contribution in [3.63, 3.8) is 0 Å². The second-order valence-corrected chi connectivity index (χ2v) is 5.25. The van der Waals surface area contributed by atoms with Gasteiger partial charge < -0.3 is 10.2 Å². The molecule has 0 aromatic carbocycles. The van der Waals surface area contributed by atoms with Gasteiger partial charge in [-0.3, -0.25) is 10.1 Å². The van der Waals surface area contributed by atoms with Crippen LogP contribution in [0.15, 0.2) is 12.1 Å². The molecule has 2 rings (SSSR count). The fourth-order valence-electron chi connectivity index (χ4n) is 2.64. The van der Waals surface area contributed by atoms with Gasteiger partial charge in [0.25, 0.3) is 5.69 Å². The lowest BCUT2D eigenvalue weighted by Gasteiger charge is -2.28. The zero-order valence-corrected chi connectivity index (χ0v) is 12.1. The number of nitrogens with one attached hydrogen (secondary N) is 1. The van der Waals surface area contributed by atoms with E-state index in [0.29, 0.717) is 24.2 Å². The second-order valence-electron chi connectivity index (χ2n) is 5.25. The number of pyridine rings is 1. The van der Waals surface area contributed by atoms with E-state index in [9.17, 15) is 10.1 Å². The maximum atomic E-state index is 11.1. The molecule has 1 aliphatic heterocycles. The van der Waals surface area contributed by atoms with Crippen molar-refractivity contribution in [2.24, 2.45) is 0 Å². The van der Waals surface area contributed by atoms with Crippen molar-refractivity contribution in [1.29, 1.82) is 0 Å². The molecule has 1 aromatic heterocycles. The van der Waals surface area contributed by atoms with E-state index in [0.717, 1.165) is 19.4 Å². The minimum atomic E-state index is -0.353. The van der Waals surface area contributed by atoms with Crippen LogP contribution in [0.5, 0.6) is 0 Å². The van der Waals surface area contributed by atoms with E-state index in [4.69, 9.17) is 0 Å². The van der Waals surface area contributed by atoms with Crippen molar-refractivity contribution in [3.05, 3.63) is 22.2 Å². The number of nitrogens with zero attached hydrogens (tertiary/aromatic N) is 3. The Labute approximate surface area is 119 Å². The number of nitro groups is 1. The fraction of sp³-hybridized carbons (Fsp3) is 0.643. The van der Waals surface area contributed by atoms with E-state index in [1.54, 1.807) is 6.07 Å². The lowest BCUT2D eigenvalue weighted by Crippen LogP contribution is -2.33. The van der Waals surface area contributed by atoms with Crippen LogP contribution < -0.4 is 10.2 Å². The predicted octanol–water partition coefficient (Wildman–Crippen LogP) is 3.19. The monoisotopic (exact) mass is 278 g/mol. The fourth-order valence-corrected chi connectivity index (χ4v) is 2.64. The summed E-state index contributed by atoms with van der Waals surface area (Å²) in [5.41, 5.74) is 0.0994. The molecule has 1 N–H and O–H groups in total. The number of hydrogen-bond acceptors (Lipinski definition) is 5. The third-order valence-electron chi connectivity index (χ3n) is 3.71. The Morgan fingerprint density at radius 1 is 1.45 bits per heavy atom. The molecule has 1 saturated heterocycles. The first-order valence-corrected chi connectivity index (χ1v) is 7.28. The van der Waals surface area contributed by atoms with Gasteiger partial charge in [-0.05, 0) is 26.7 Å². The lowest BCUT2D eigenvalue weighted by atomic mass is 10.1. The molecule has 0 amide bonds. The summed E-state index contributed by atoms with van der Waals surface area (Å²) in [7, 11) is 0. The van der Waals surface area contributed by atoms with Crippen LogP contribution >= 0.6 is 0 Å². The van der Waals surface area contributed by atoms with Gasteiger partial charge in [0, 0.05) is 19.1 Å². The molecular weight excluding hydrogens is 256 g/mol. The topological polar surface area (TPSA) is 71.3 Å². The maximum Gasteiger partial charge on any atom is 0.276 e. The Balaban J connectivity index is 2.35. The Morgan fingerprint density at radius 2 is 2.25 bits per heavy atom. The minimum absolute atomic E-state index is 0.0994. The van der Waals surface area contributed by atoms with Gasteiger partial charge in [0.1, 0.15) is 11.6 Å². The molecule has 1 atom stereocenters. The molecule has 6 heteroatoms. The van der Waals surface area contributed by atoms with Gasteiger partial charge in [-0.2, -0.15) is 0 Å². The van der Waals surface area contributed by atoms with Crippen molar-refractivity contribution in [1.82, 2.24) is 4.98 Å². The highest BCUT2D eigenvalue weighted by atomic mass is 16.6. The summed E-state index contributed by atoms with van der Waals surface area (Å²) in [5, 5.41) is 14.1. The molecular formula is C14H22N4O2. The van der Waals surface area contributed by atoms with Gasteiger partial charge in [0.15, 0.2) is 0 Å². The molecule has 1 unspecified atom stereocenters. The average Bonchev–Trinajstić information content (AvgIpc) is 2.63. The number of hydrogen-bond donors (Lipinski definition) is 1. The van der Waals surface area contributed by atoms with Crippen LogP contribution in [0.1, 0.15) is 39.5 Å². The zero-order valence-electron chi connectivity index (χ0n) is 12.1. The molecule has 0 saturated carbocycles. The standard InChI is InChI=1S/C14H22N4O2/c1-3-15-13-9-12(18(19)20)10-14(16-13)17-8-6-4-5-7-11(17)2/h9-11H,3-8H2,1-2H3,(H,15,16). The SMILES string of the molecule is CCNc1cc([N+](=O)[O-])cc(N2CCCCCC2C)n1. The Hall–Kier alpha value is -1.85. The number of aromatic nitrogens is 1. The third-order valence-corrected chi connectivity index (χ3v) is 3.71. The molecule has 1 aromatic rings. The van der Waals surface area contributed by atoms with Crippen LogP contribution in [0.25, 0.3) is 0 Å². The maximum absolute atomic E-state index is 11.1. The Bertz CT molecular complexity index is 478. The molecule has 6 nitrogen and oxygen atoms in total. The molecule has 0 aliphatic carbocycles. The van der Waals surface area contributed by atoms with Crippen LogP contribution in [-0.2, 0) is 0 Å². The van der Waals surface area contributed by atoms with E-state index in [2.05, 4.69) is 22.1 Å². The van der Waals surface area contributed by atoms with Crippen molar-refractivity contribution >= 4 is 17.3 Å². The van der Waals surface area contributed by atoms with Crippen molar-refractivity contribution in [2.75, 3.05) is 23.3 Å². The highest BCUT2D eigenvalue weighted by molar-refractivity contribution is 5.56. The Morgan fingerprint density at radius 3 is 2.95 bits per heavy atom. The van der Waals surface area contributed by atoms with E-state index in [-0.39, 0.29) is 10.6 Å². The summed E-state index contributed by atoms with van der Waals surface area (Å²) in [6.07, 6.45) is 4.66. The van der Waals surface area contributed by atoms with Crippen molar-refractivity contribution < 1.29 is 4.92 Å². The van der Waals surface area contributed by atoms with Crippen molar-refractivity contribution in [3.8, 4) is 0 Å². The van der Waals surface area contributed by atoms with Gasteiger partial charge in [-0.25, -0.2) is 4.98 Å². The van der Waals surface area contributed by atoms with E-state index < -0.39 is 0 Å². The predicted molar refractivity (Wildman–Crippen MR) is 80.3 cm³/mol. The van der Waals surface area contributed by atoms with Crippen LogP contribution in [0, 0.1) is 10.1 Å². The average molecular weight is 278 g/mol. The van der Waals surface area contributed by atoms with Crippen LogP contribution in [-0.4, -0.2) is 29.0 Å². The molecule has 0 spiro atoms. The lowest BCUT2D eigenvalue weighted by molar-refractivity contribution is -0.384. The first-order chi connectivity index (χ1) is 9.61. The van der Waals surface area contributed by atoms with Gasteiger partial charge in [0.2, 0.25) is 0 Å². The van der Waals surface area contributed by atoms with Crippen LogP contribution in [0.3, 0.4) is 0 Å². The minimum Gasteiger partial charge on any atom is -0.370 e. The zero-order chi connectivity index (χ0) is 14.5. The normalized spacial score (nSPS) is 19.5. The highest BCUT2D eigenvalue weighted by Gasteiger charge is 2.21. The second kappa shape index (κ2) is 6.54. The number of anilines is 2. The summed E-state index contributed by atoms with van der Waals surface area (Å²) >= 11 is 0. The van der Waals surface area contributed by atoms with Crippen LogP contribution in [0.2, 0.25) is 0 Å². The summed E-state index contributed by atoms with van der Waals surface area (Å²) in [6.45, 7) is 5.73. The van der Waals surface area contributed by atoms with E-state index in [1.165, 1.54) is 18.9 Å². The van der Waals surface area contributed by atoms with Gasteiger partial charge in [0.05, 0.1) is 17.1 Å². The number of rotatable bonds is 4. The molecule has 0 bridgehead atoms. The van der Waals surface area contributed by atoms with Gasteiger partial charge in [-0.1, -0.05) is 12.8 Å².